The van der Waals surface area contributed by atoms with E-state index >= 15 is 0 Å². The first kappa shape index (κ1) is 14.2. The average Bonchev–Trinajstić information content (AvgIpc) is 2.04. The van der Waals surface area contributed by atoms with Crippen LogP contribution in [0, 0.1) is 0 Å². The van der Waals surface area contributed by atoms with Gasteiger partial charge in [0.25, 0.3) is 6.43 Å². The number of hydrogen-bond donors (Lipinski definition) is 0. The fourth-order valence-corrected chi connectivity index (χ4v) is 1.36. The molecule has 0 saturated carbocycles. The van der Waals surface area contributed by atoms with Crippen molar-refractivity contribution in [3.05, 3.63) is 35.4 Å². The Labute approximate surface area is 105 Å². The van der Waals surface area contributed by atoms with Crippen LogP contribution in [0.25, 0.3) is 0 Å². The maximum Gasteiger partial charge on any atom is 1.00 e. The van der Waals surface area contributed by atoms with Gasteiger partial charge in [0.1, 0.15) is 0 Å². The summed E-state index contributed by atoms with van der Waals surface area (Å²) in [4.78, 5) is 0. The summed E-state index contributed by atoms with van der Waals surface area (Å²) in [6.07, 6.45) is -2.51. The van der Waals surface area contributed by atoms with Crippen LogP contribution < -0.4 is 29.6 Å². The molecule has 6 heteroatoms. The summed E-state index contributed by atoms with van der Waals surface area (Å²) in [5.41, 5.74) is 0.415. The molecule has 0 saturated heterocycles. The molecule has 1 aromatic carbocycles. The SMILES string of the molecule is O=S([O-])Cc1ccc(C(F)F)cc1.[Na+]. The Morgan fingerprint density at radius 1 is 1.29 bits per heavy atom. The third-order valence-electron chi connectivity index (χ3n) is 1.52. The molecule has 0 radical (unpaired) electrons. The molecule has 0 bridgehead atoms. The molecule has 0 aliphatic heterocycles. The van der Waals surface area contributed by atoms with Gasteiger partial charge in [-0.2, -0.15) is 0 Å². The Morgan fingerprint density at radius 3 is 2.14 bits per heavy atom. The topological polar surface area (TPSA) is 40.1 Å². The standard InChI is InChI=1S/C8H8F2O2S.Na/c9-8(10)7-3-1-6(2-4-7)5-13(11)12;/h1-4,8H,5H2,(H,11,12);/q;+1/p-1. The minimum Gasteiger partial charge on any atom is -0.772 e. The van der Waals surface area contributed by atoms with E-state index in [1.165, 1.54) is 24.3 Å². The van der Waals surface area contributed by atoms with Crippen LogP contribution >= 0.6 is 0 Å². The minimum absolute atomic E-state index is 0. The summed E-state index contributed by atoms with van der Waals surface area (Å²) in [5.74, 6) is -0.135. The van der Waals surface area contributed by atoms with Crippen LogP contribution in [-0.2, 0) is 16.8 Å². The van der Waals surface area contributed by atoms with Crippen LogP contribution in [0.5, 0.6) is 0 Å². The molecule has 2 nitrogen and oxygen atoms in total. The number of halogens is 2. The van der Waals surface area contributed by atoms with Gasteiger partial charge in [-0.1, -0.05) is 35.3 Å². The van der Waals surface area contributed by atoms with Gasteiger partial charge in [-0.25, -0.2) is 8.78 Å². The second kappa shape index (κ2) is 6.63. The van der Waals surface area contributed by atoms with Crippen molar-refractivity contribution >= 4 is 11.1 Å². The zero-order valence-electron chi connectivity index (χ0n) is 7.57. The van der Waals surface area contributed by atoms with Crippen molar-refractivity contribution in [2.45, 2.75) is 12.2 Å². The monoisotopic (exact) mass is 228 g/mol. The van der Waals surface area contributed by atoms with Gasteiger partial charge >= 0.3 is 29.6 Å². The minimum atomic E-state index is -2.51. The van der Waals surface area contributed by atoms with Crippen molar-refractivity contribution in [2.24, 2.45) is 0 Å². The fourth-order valence-electron chi connectivity index (χ4n) is 0.895. The van der Waals surface area contributed by atoms with E-state index in [2.05, 4.69) is 0 Å². The molecule has 1 aromatic rings. The third kappa shape index (κ3) is 4.61. The smallest absolute Gasteiger partial charge is 0.772 e. The predicted octanol–water partition coefficient (Wildman–Crippen LogP) is -0.993. The van der Waals surface area contributed by atoms with Gasteiger partial charge in [0.15, 0.2) is 0 Å². The maximum atomic E-state index is 12.0. The van der Waals surface area contributed by atoms with Crippen LogP contribution in [-0.4, -0.2) is 8.76 Å². The van der Waals surface area contributed by atoms with Crippen LogP contribution in [0.3, 0.4) is 0 Å². The van der Waals surface area contributed by atoms with Crippen LogP contribution in [0.15, 0.2) is 24.3 Å². The molecule has 0 aliphatic carbocycles. The zero-order chi connectivity index (χ0) is 9.84. The van der Waals surface area contributed by atoms with E-state index in [1.54, 1.807) is 0 Å². The number of alkyl halides is 2. The Kier molecular flexibility index (Phi) is 6.72. The summed E-state index contributed by atoms with van der Waals surface area (Å²) in [7, 11) is 0. The second-order valence-corrected chi connectivity index (χ2v) is 3.39. The molecule has 0 fully saturated rings. The maximum absolute atomic E-state index is 12.0. The van der Waals surface area contributed by atoms with Gasteiger partial charge < -0.3 is 4.55 Å². The van der Waals surface area contributed by atoms with Gasteiger partial charge in [-0.3, -0.25) is 4.21 Å². The third-order valence-corrected chi connectivity index (χ3v) is 2.09. The van der Waals surface area contributed by atoms with Crippen molar-refractivity contribution in [2.75, 3.05) is 0 Å². The summed E-state index contributed by atoms with van der Waals surface area (Å²) >= 11 is -2.17. The molecule has 0 aliphatic rings. The molecule has 0 N–H and O–H groups in total. The van der Waals surface area contributed by atoms with Crippen LogP contribution in [0.4, 0.5) is 8.78 Å². The van der Waals surface area contributed by atoms with E-state index in [4.69, 9.17) is 0 Å². The van der Waals surface area contributed by atoms with Crippen molar-refractivity contribution in [3.63, 3.8) is 0 Å². The first-order valence-electron chi connectivity index (χ1n) is 3.52. The Hall–Kier alpha value is 0.190. The van der Waals surface area contributed by atoms with Gasteiger partial charge in [0, 0.05) is 11.3 Å². The first-order valence-corrected chi connectivity index (χ1v) is 4.77. The number of rotatable bonds is 3. The van der Waals surface area contributed by atoms with E-state index in [0.29, 0.717) is 5.56 Å². The van der Waals surface area contributed by atoms with E-state index in [0.717, 1.165) is 0 Å². The van der Waals surface area contributed by atoms with E-state index < -0.39 is 17.5 Å². The van der Waals surface area contributed by atoms with Crippen molar-refractivity contribution in [1.82, 2.24) is 0 Å². The zero-order valence-corrected chi connectivity index (χ0v) is 10.4. The molecule has 1 rings (SSSR count). The Balaban J connectivity index is 0.00000169. The molecule has 14 heavy (non-hydrogen) atoms. The summed E-state index contributed by atoms with van der Waals surface area (Å²) < 4.78 is 44.6. The second-order valence-electron chi connectivity index (χ2n) is 2.49. The summed E-state index contributed by atoms with van der Waals surface area (Å²) in [5, 5.41) is 0. The molecule has 1 atom stereocenters. The molecule has 0 spiro atoms. The molecule has 1 unspecified atom stereocenters. The van der Waals surface area contributed by atoms with E-state index in [-0.39, 0.29) is 40.9 Å². The molecule has 0 aromatic heterocycles. The molecule has 0 heterocycles. The quantitative estimate of drug-likeness (QED) is 0.492. The first-order chi connectivity index (χ1) is 6.09. The largest absolute Gasteiger partial charge is 1.00 e. The van der Waals surface area contributed by atoms with Crippen molar-refractivity contribution in [3.8, 4) is 0 Å². The van der Waals surface area contributed by atoms with E-state index in [1.807, 2.05) is 0 Å². The normalized spacial score (nSPS) is 12.3. The molecule has 72 valence electrons. The fraction of sp³-hybridized carbons (Fsp3) is 0.250. The predicted molar refractivity (Wildman–Crippen MR) is 44.0 cm³/mol. The number of hydrogen-bond acceptors (Lipinski definition) is 2. The van der Waals surface area contributed by atoms with Gasteiger partial charge in [-0.05, 0) is 5.56 Å². The summed E-state index contributed by atoms with van der Waals surface area (Å²) in [6.45, 7) is 0. The van der Waals surface area contributed by atoms with Crippen LogP contribution in [0.2, 0.25) is 0 Å². The molecule has 0 amide bonds. The van der Waals surface area contributed by atoms with Crippen molar-refractivity contribution in [1.29, 1.82) is 0 Å². The van der Waals surface area contributed by atoms with Gasteiger partial charge in [0.2, 0.25) is 0 Å². The van der Waals surface area contributed by atoms with Gasteiger partial charge in [0.05, 0.1) is 0 Å². The van der Waals surface area contributed by atoms with Crippen LogP contribution in [0.1, 0.15) is 17.6 Å². The Morgan fingerprint density at radius 2 is 1.79 bits per heavy atom. The Bertz CT molecular complexity index is 303. The van der Waals surface area contributed by atoms with Gasteiger partial charge in [-0.15, -0.1) is 0 Å². The molecular weight excluding hydrogens is 221 g/mol. The van der Waals surface area contributed by atoms with Crippen molar-refractivity contribution < 1.29 is 47.1 Å². The summed E-state index contributed by atoms with van der Waals surface area (Å²) in [6, 6.07) is 5.23. The van der Waals surface area contributed by atoms with E-state index in [9.17, 15) is 17.5 Å². The molecular formula is C8H7F2NaO2S. The average molecular weight is 228 g/mol. The number of benzene rings is 1.